The van der Waals surface area contributed by atoms with Gasteiger partial charge < -0.3 is 4.55 Å². The van der Waals surface area contributed by atoms with Crippen LogP contribution in [0, 0.1) is 20.8 Å². The fourth-order valence-electron chi connectivity index (χ4n) is 3.62. The normalized spacial score (nSPS) is 10.9. The van der Waals surface area contributed by atoms with Crippen molar-refractivity contribution in [3.8, 4) is 0 Å². The molecule has 0 N–H and O–H groups in total. The van der Waals surface area contributed by atoms with Gasteiger partial charge in [-0.05, 0) is 61.3 Å². The average Bonchev–Trinajstić information content (AvgIpc) is 2.98. The van der Waals surface area contributed by atoms with Gasteiger partial charge in [0.2, 0.25) is 0 Å². The third-order valence-electron chi connectivity index (χ3n) is 5.11. The van der Waals surface area contributed by atoms with Crippen molar-refractivity contribution in [3.05, 3.63) is 89.0 Å². The molecule has 0 fully saturated rings. The molecule has 166 valence electrons. The van der Waals surface area contributed by atoms with Crippen LogP contribution in [0.5, 0.6) is 0 Å². The first-order valence-corrected chi connectivity index (χ1v) is 11.4. The summed E-state index contributed by atoms with van der Waals surface area (Å²) in [5, 5.41) is 4.52. The number of benzene rings is 3. The Balaban J connectivity index is 0.000000243. The van der Waals surface area contributed by atoms with E-state index in [-0.39, 0.29) is 4.90 Å². The Bertz CT molecular complexity index is 1410. The Labute approximate surface area is 187 Å². The lowest BCUT2D eigenvalue weighted by atomic mass is 10.1. The molecule has 0 atom stereocenters. The smallest absolute Gasteiger partial charge is 0.479 e. The Hall–Kier alpha value is -3.45. The minimum Gasteiger partial charge on any atom is -0.744 e. The predicted octanol–water partition coefficient (Wildman–Crippen LogP) is 3.93. The van der Waals surface area contributed by atoms with Crippen molar-refractivity contribution in [2.24, 2.45) is 19.2 Å². The van der Waals surface area contributed by atoms with Crippen LogP contribution in [-0.2, 0) is 24.2 Å². The van der Waals surface area contributed by atoms with E-state index in [1.54, 1.807) is 6.07 Å². The number of imidazole rings is 1. The molecule has 4 rings (SSSR count). The third-order valence-corrected chi connectivity index (χ3v) is 5.96. The molecule has 1 aromatic heterocycles. The van der Waals surface area contributed by atoms with E-state index < -0.39 is 10.1 Å². The molecule has 0 saturated heterocycles. The van der Waals surface area contributed by atoms with Crippen LogP contribution in [0.1, 0.15) is 16.7 Å². The summed E-state index contributed by atoms with van der Waals surface area (Å²) in [5.74, 6) is 0. The van der Waals surface area contributed by atoms with Crippen molar-refractivity contribution in [3.63, 3.8) is 0 Å². The van der Waals surface area contributed by atoms with Gasteiger partial charge in [0, 0.05) is 0 Å². The van der Waals surface area contributed by atoms with E-state index in [9.17, 15) is 13.0 Å². The largest absolute Gasteiger partial charge is 0.744 e. The quantitative estimate of drug-likeness (QED) is 0.263. The molecule has 0 aliphatic heterocycles. The second kappa shape index (κ2) is 9.36. The van der Waals surface area contributed by atoms with Crippen LogP contribution >= 0.6 is 0 Å². The van der Waals surface area contributed by atoms with Crippen molar-refractivity contribution < 1.29 is 17.8 Å². The molecule has 8 heteroatoms. The molecule has 0 bridgehead atoms. The van der Waals surface area contributed by atoms with Gasteiger partial charge in [0.1, 0.15) is 26.8 Å². The molecule has 0 aliphatic rings. The summed E-state index contributed by atoms with van der Waals surface area (Å²) in [5.41, 5.74) is 7.65. The summed E-state index contributed by atoms with van der Waals surface area (Å²) in [4.78, 5) is 4.33. The van der Waals surface area contributed by atoms with Crippen LogP contribution in [-0.4, -0.2) is 26.9 Å². The van der Waals surface area contributed by atoms with Crippen molar-refractivity contribution in [1.29, 1.82) is 0 Å². The fraction of sp³-hybridized carbons (Fsp3) is 0.208. The zero-order chi connectivity index (χ0) is 23.5. The number of para-hydroxylation sites is 2. The molecule has 0 radical (unpaired) electrons. The second-order valence-corrected chi connectivity index (χ2v) is 9.00. The Morgan fingerprint density at radius 2 is 1.28 bits per heavy atom. The molecule has 0 saturated carbocycles. The molecular weight excluding hydrogens is 424 g/mol. The van der Waals surface area contributed by atoms with Gasteiger partial charge in [-0.25, -0.2) is 17.6 Å². The maximum Gasteiger partial charge on any atom is 0.479 e. The highest BCUT2D eigenvalue weighted by molar-refractivity contribution is 7.85. The zero-order valence-corrected chi connectivity index (χ0v) is 19.6. The highest BCUT2D eigenvalue weighted by Crippen LogP contribution is 2.24. The lowest BCUT2D eigenvalue weighted by Crippen LogP contribution is -2.23. The molecular formula is C24H26N4O3S. The second-order valence-electron chi connectivity index (χ2n) is 7.62. The van der Waals surface area contributed by atoms with E-state index in [1.165, 1.54) is 29.8 Å². The van der Waals surface area contributed by atoms with Crippen LogP contribution in [0.15, 0.2) is 76.7 Å². The Morgan fingerprint density at radius 1 is 0.812 bits per heavy atom. The van der Waals surface area contributed by atoms with Gasteiger partial charge in [-0.3, -0.25) is 0 Å². The lowest BCUT2D eigenvalue weighted by molar-refractivity contribution is -0.151. The minimum absolute atomic E-state index is 0.185. The van der Waals surface area contributed by atoms with Crippen LogP contribution in [0.4, 0.5) is 5.69 Å². The van der Waals surface area contributed by atoms with E-state index in [4.69, 9.17) is 0 Å². The maximum absolute atomic E-state index is 10.3. The summed E-state index contributed by atoms with van der Waals surface area (Å²) in [6.07, 6.45) is 0. The highest BCUT2D eigenvalue weighted by atomic mass is 32.2. The van der Waals surface area contributed by atoms with Gasteiger partial charge in [-0.15, -0.1) is 4.79 Å². The number of hydrogen-bond donors (Lipinski definition) is 0. The van der Waals surface area contributed by atoms with Crippen molar-refractivity contribution in [2.75, 3.05) is 0 Å². The summed E-state index contributed by atoms with van der Waals surface area (Å²) < 4.78 is 35.0. The summed E-state index contributed by atoms with van der Waals surface area (Å²) >= 11 is 0. The molecule has 0 aliphatic carbocycles. The van der Waals surface area contributed by atoms with E-state index in [2.05, 4.69) is 64.1 Å². The van der Waals surface area contributed by atoms with Crippen LogP contribution in [0.25, 0.3) is 11.0 Å². The minimum atomic E-state index is -4.25. The molecule has 0 amide bonds. The first-order valence-electron chi connectivity index (χ1n) is 10.0. The number of rotatable bonds is 2. The Morgan fingerprint density at radius 3 is 1.72 bits per heavy atom. The highest BCUT2D eigenvalue weighted by Gasteiger charge is 2.14. The fourth-order valence-corrected chi connectivity index (χ4v) is 4.11. The van der Waals surface area contributed by atoms with Gasteiger partial charge in [0.25, 0.3) is 0 Å². The third kappa shape index (κ3) is 5.06. The topological polar surface area (TPSA) is 93.5 Å². The van der Waals surface area contributed by atoms with Crippen molar-refractivity contribution in [2.45, 2.75) is 25.7 Å². The average molecular weight is 451 g/mol. The number of hydrogen-bond acceptors (Lipinski definition) is 4. The van der Waals surface area contributed by atoms with E-state index >= 15 is 0 Å². The summed E-state index contributed by atoms with van der Waals surface area (Å²) in [6, 6.07) is 19.7. The first-order chi connectivity index (χ1) is 15.1. The molecule has 7 nitrogen and oxygen atoms in total. The van der Waals surface area contributed by atoms with Gasteiger partial charge in [-0.2, -0.15) is 0 Å². The molecule has 32 heavy (non-hydrogen) atoms. The molecule has 0 unspecified atom stereocenters. The lowest BCUT2D eigenvalue weighted by Gasteiger charge is -2.04. The number of aromatic nitrogens is 2. The number of aryl methyl sites for hydroxylation is 5. The van der Waals surface area contributed by atoms with E-state index in [1.807, 2.05) is 26.2 Å². The summed E-state index contributed by atoms with van der Waals surface area (Å²) in [7, 11) is -0.214. The monoisotopic (exact) mass is 450 g/mol. The molecule has 3 aromatic carbocycles. The van der Waals surface area contributed by atoms with Gasteiger partial charge in [0.15, 0.2) is 0 Å². The zero-order valence-electron chi connectivity index (χ0n) is 18.8. The van der Waals surface area contributed by atoms with Crippen LogP contribution < -0.4 is 5.62 Å². The maximum atomic E-state index is 10.3. The molecule has 0 spiro atoms. The van der Waals surface area contributed by atoms with Gasteiger partial charge in [0.05, 0.1) is 19.0 Å². The number of nitrogens with zero attached hydrogens (tertiary/aromatic N) is 4. The van der Waals surface area contributed by atoms with E-state index in [0.717, 1.165) is 33.5 Å². The molecule has 4 aromatic rings. The standard InChI is InChI=1S/C18H21N4.C6H6O3S/c1-12-10-13(2)17(14(3)11-12)19-20-18-21(4)15-8-6-7-9-16(15)22(18)5;7-10(8,9)6-4-2-1-3-5-6/h6-11H,1-5H3;1-5H,(H,7,8,9)/q+1;/p-1. The predicted molar refractivity (Wildman–Crippen MR) is 122 cm³/mol. The van der Waals surface area contributed by atoms with Crippen LogP contribution in [0.3, 0.4) is 0 Å². The first kappa shape index (κ1) is 23.2. The van der Waals surface area contributed by atoms with E-state index in [0.29, 0.717) is 0 Å². The molecule has 1 heterocycles. The Kier molecular flexibility index (Phi) is 6.79. The van der Waals surface area contributed by atoms with Gasteiger partial charge in [-0.1, -0.05) is 48.0 Å². The van der Waals surface area contributed by atoms with Crippen LogP contribution in [0.2, 0.25) is 0 Å². The SMILES string of the molecule is Cc1cc(C)c(N=[N+]=c2n(C)c3ccccc3n2C)c(C)c1.O=S(=O)([O-])c1ccccc1. The van der Waals surface area contributed by atoms with Crippen molar-refractivity contribution >= 4 is 26.8 Å². The van der Waals surface area contributed by atoms with Gasteiger partial charge >= 0.3 is 5.62 Å². The van der Waals surface area contributed by atoms with Crippen molar-refractivity contribution in [1.82, 2.24) is 9.13 Å². The summed E-state index contributed by atoms with van der Waals surface area (Å²) in [6.45, 7) is 6.26. The number of fused-ring (bicyclic) bond motifs is 1.